The van der Waals surface area contributed by atoms with E-state index in [1.807, 2.05) is 0 Å². The molecule has 0 aliphatic carbocycles. The molecule has 0 fully saturated rings. The number of hydrogen-bond acceptors (Lipinski definition) is 3. The molecule has 1 aromatic rings. The maximum atomic E-state index is 9.44. The molecule has 1 atom stereocenters. The van der Waals surface area contributed by atoms with Gasteiger partial charge in [0, 0.05) is 19.6 Å². The van der Waals surface area contributed by atoms with Crippen molar-refractivity contribution in [1.29, 1.82) is 0 Å². The fourth-order valence-corrected chi connectivity index (χ4v) is 2.32. The Labute approximate surface area is 96.3 Å². The number of nitrogens with zero attached hydrogens (tertiary/aromatic N) is 1. The molecule has 2 rings (SSSR count). The van der Waals surface area contributed by atoms with E-state index in [-0.39, 0.29) is 6.61 Å². The Morgan fingerprint density at radius 1 is 1.44 bits per heavy atom. The predicted molar refractivity (Wildman–Crippen MR) is 63.3 cm³/mol. The monoisotopic (exact) mass is 221 g/mol. The summed E-state index contributed by atoms with van der Waals surface area (Å²) in [4.78, 5) is 2.20. The third-order valence-electron chi connectivity index (χ3n) is 3.27. The predicted octanol–water partition coefficient (Wildman–Crippen LogP) is 0.706. The summed E-state index contributed by atoms with van der Waals surface area (Å²) in [5.41, 5.74) is 4.13. The van der Waals surface area contributed by atoms with Crippen LogP contribution in [-0.2, 0) is 13.0 Å². The first-order valence-electron chi connectivity index (χ1n) is 5.79. The van der Waals surface area contributed by atoms with Crippen LogP contribution in [0.15, 0.2) is 18.2 Å². The minimum atomic E-state index is -0.620. The van der Waals surface area contributed by atoms with Crippen LogP contribution in [0.25, 0.3) is 0 Å². The van der Waals surface area contributed by atoms with Crippen LogP contribution in [0.5, 0.6) is 0 Å². The Bertz CT molecular complexity index is 365. The summed E-state index contributed by atoms with van der Waals surface area (Å²) >= 11 is 0. The van der Waals surface area contributed by atoms with E-state index in [4.69, 9.17) is 5.11 Å². The molecule has 0 saturated heterocycles. The van der Waals surface area contributed by atoms with Gasteiger partial charge in [0.25, 0.3) is 0 Å². The molecular formula is C13H19NO2. The van der Waals surface area contributed by atoms with E-state index in [1.54, 1.807) is 0 Å². The Morgan fingerprint density at radius 3 is 3.00 bits per heavy atom. The molecule has 1 aliphatic rings. The minimum absolute atomic E-state index is 0.156. The van der Waals surface area contributed by atoms with Crippen molar-refractivity contribution in [2.24, 2.45) is 0 Å². The summed E-state index contributed by atoms with van der Waals surface area (Å²) in [5.74, 6) is 0. The van der Waals surface area contributed by atoms with Crippen molar-refractivity contribution in [2.45, 2.75) is 26.0 Å². The van der Waals surface area contributed by atoms with Crippen molar-refractivity contribution in [3.63, 3.8) is 0 Å². The first-order valence-corrected chi connectivity index (χ1v) is 5.79. The van der Waals surface area contributed by atoms with Crippen molar-refractivity contribution in [3.05, 3.63) is 34.9 Å². The molecule has 88 valence electrons. The van der Waals surface area contributed by atoms with Gasteiger partial charge in [-0.1, -0.05) is 18.2 Å². The molecule has 1 aliphatic heterocycles. The van der Waals surface area contributed by atoms with Crippen LogP contribution < -0.4 is 0 Å². The van der Waals surface area contributed by atoms with Crippen LogP contribution in [-0.4, -0.2) is 40.9 Å². The zero-order valence-corrected chi connectivity index (χ0v) is 9.69. The van der Waals surface area contributed by atoms with Crippen molar-refractivity contribution in [1.82, 2.24) is 4.90 Å². The molecule has 1 aromatic carbocycles. The molecule has 0 spiro atoms. The lowest BCUT2D eigenvalue weighted by Crippen LogP contribution is -2.38. The van der Waals surface area contributed by atoms with Gasteiger partial charge in [0.15, 0.2) is 0 Å². The van der Waals surface area contributed by atoms with Crippen LogP contribution >= 0.6 is 0 Å². The van der Waals surface area contributed by atoms with Crippen molar-refractivity contribution in [3.8, 4) is 0 Å². The molecule has 1 unspecified atom stereocenters. The van der Waals surface area contributed by atoms with Gasteiger partial charge in [-0.3, -0.25) is 4.90 Å². The highest BCUT2D eigenvalue weighted by molar-refractivity contribution is 5.36. The molecule has 0 aromatic heterocycles. The summed E-state index contributed by atoms with van der Waals surface area (Å²) in [7, 11) is 0. The van der Waals surface area contributed by atoms with Crippen LogP contribution in [0.1, 0.15) is 16.7 Å². The SMILES string of the molecule is Cc1cccc2c1CN(CC(O)CO)CC2. The lowest BCUT2D eigenvalue weighted by atomic mass is 9.95. The quantitative estimate of drug-likeness (QED) is 0.790. The second-order valence-electron chi connectivity index (χ2n) is 4.53. The highest BCUT2D eigenvalue weighted by Gasteiger charge is 2.19. The van der Waals surface area contributed by atoms with Gasteiger partial charge in [0.1, 0.15) is 0 Å². The molecule has 0 amide bonds. The van der Waals surface area contributed by atoms with Gasteiger partial charge < -0.3 is 10.2 Å². The number of rotatable bonds is 3. The first kappa shape index (κ1) is 11.6. The number of aryl methyl sites for hydroxylation is 1. The van der Waals surface area contributed by atoms with Gasteiger partial charge in [-0.2, -0.15) is 0 Å². The van der Waals surface area contributed by atoms with E-state index >= 15 is 0 Å². The molecule has 1 heterocycles. The Kier molecular flexibility index (Phi) is 3.59. The molecule has 0 radical (unpaired) electrons. The van der Waals surface area contributed by atoms with E-state index in [1.165, 1.54) is 16.7 Å². The number of hydrogen-bond donors (Lipinski definition) is 2. The normalized spacial score (nSPS) is 18.2. The van der Waals surface area contributed by atoms with E-state index in [0.29, 0.717) is 6.54 Å². The minimum Gasteiger partial charge on any atom is -0.394 e. The third kappa shape index (κ3) is 2.43. The van der Waals surface area contributed by atoms with Crippen molar-refractivity contribution >= 4 is 0 Å². The number of β-amino-alcohol motifs (C(OH)–C–C–N with tert-alkyl or cyclic N) is 1. The Hall–Kier alpha value is -0.900. The zero-order chi connectivity index (χ0) is 11.5. The summed E-state index contributed by atoms with van der Waals surface area (Å²) in [5, 5.41) is 18.3. The average Bonchev–Trinajstić information content (AvgIpc) is 2.30. The second-order valence-corrected chi connectivity index (χ2v) is 4.53. The van der Waals surface area contributed by atoms with Crippen LogP contribution in [0, 0.1) is 6.92 Å². The third-order valence-corrected chi connectivity index (χ3v) is 3.27. The molecule has 2 N–H and O–H groups in total. The number of aliphatic hydroxyl groups excluding tert-OH is 2. The van der Waals surface area contributed by atoms with Crippen LogP contribution in [0.3, 0.4) is 0 Å². The zero-order valence-electron chi connectivity index (χ0n) is 9.69. The van der Waals surface area contributed by atoms with Crippen molar-refractivity contribution < 1.29 is 10.2 Å². The lowest BCUT2D eigenvalue weighted by Gasteiger charge is -2.30. The topological polar surface area (TPSA) is 43.7 Å². The number of benzene rings is 1. The largest absolute Gasteiger partial charge is 0.394 e. The average molecular weight is 221 g/mol. The van der Waals surface area contributed by atoms with Gasteiger partial charge in [-0.25, -0.2) is 0 Å². The summed E-state index contributed by atoms with van der Waals surface area (Å²) in [6.45, 7) is 4.39. The number of fused-ring (bicyclic) bond motifs is 1. The highest BCUT2D eigenvalue weighted by Crippen LogP contribution is 2.22. The maximum absolute atomic E-state index is 9.44. The van der Waals surface area contributed by atoms with Crippen molar-refractivity contribution in [2.75, 3.05) is 19.7 Å². The Balaban J connectivity index is 2.08. The van der Waals surface area contributed by atoms with E-state index in [0.717, 1.165) is 19.5 Å². The second kappa shape index (κ2) is 4.95. The van der Waals surface area contributed by atoms with Crippen LogP contribution in [0.2, 0.25) is 0 Å². The van der Waals surface area contributed by atoms with Gasteiger partial charge in [0.05, 0.1) is 12.7 Å². The lowest BCUT2D eigenvalue weighted by molar-refractivity contribution is 0.0550. The summed E-state index contributed by atoms with van der Waals surface area (Å²) < 4.78 is 0. The fraction of sp³-hybridized carbons (Fsp3) is 0.538. The molecule has 0 bridgehead atoms. The van der Waals surface area contributed by atoms with Gasteiger partial charge in [-0.05, 0) is 30.0 Å². The van der Waals surface area contributed by atoms with Gasteiger partial charge in [0.2, 0.25) is 0 Å². The first-order chi connectivity index (χ1) is 7.70. The maximum Gasteiger partial charge on any atom is 0.0897 e. The fourth-order valence-electron chi connectivity index (χ4n) is 2.32. The molecular weight excluding hydrogens is 202 g/mol. The standard InChI is InChI=1S/C13H19NO2/c1-10-3-2-4-11-5-6-14(8-13(10)11)7-12(16)9-15/h2-4,12,15-16H,5-9H2,1H3. The van der Waals surface area contributed by atoms with E-state index in [9.17, 15) is 5.11 Å². The molecule has 3 nitrogen and oxygen atoms in total. The Morgan fingerprint density at radius 2 is 2.25 bits per heavy atom. The van der Waals surface area contributed by atoms with E-state index < -0.39 is 6.10 Å². The van der Waals surface area contributed by atoms with Gasteiger partial charge in [-0.15, -0.1) is 0 Å². The van der Waals surface area contributed by atoms with Crippen LogP contribution in [0.4, 0.5) is 0 Å². The highest BCUT2D eigenvalue weighted by atomic mass is 16.3. The smallest absolute Gasteiger partial charge is 0.0897 e. The summed E-state index contributed by atoms with van der Waals surface area (Å²) in [6.07, 6.45) is 0.417. The molecule has 16 heavy (non-hydrogen) atoms. The van der Waals surface area contributed by atoms with E-state index in [2.05, 4.69) is 30.0 Å². The molecule has 0 saturated carbocycles. The summed E-state index contributed by atoms with van der Waals surface area (Å²) in [6, 6.07) is 6.42. The number of aliphatic hydroxyl groups is 2. The molecule has 3 heteroatoms. The van der Waals surface area contributed by atoms with Gasteiger partial charge >= 0.3 is 0 Å².